The Kier molecular flexibility index (Phi) is 4.98. The molecule has 1 saturated heterocycles. The van der Waals surface area contributed by atoms with Crippen molar-refractivity contribution in [1.29, 1.82) is 0 Å². The van der Waals surface area contributed by atoms with Crippen molar-refractivity contribution < 1.29 is 17.6 Å². The number of hydrogen-bond donors (Lipinski definition) is 1. The summed E-state index contributed by atoms with van der Waals surface area (Å²) in [7, 11) is -3.67. The molecule has 1 aliphatic rings. The summed E-state index contributed by atoms with van der Waals surface area (Å²) in [5.41, 5.74) is 0.413. The maximum atomic E-state index is 12.9. The van der Waals surface area contributed by atoms with E-state index in [0.717, 1.165) is 30.6 Å². The van der Waals surface area contributed by atoms with E-state index in [4.69, 9.17) is 0 Å². The molecular weight excluding hydrogens is 351 g/mol. The highest BCUT2D eigenvalue weighted by atomic mass is 32.2. The lowest BCUT2D eigenvalue weighted by atomic mass is 10.2. The topological polar surface area (TPSA) is 66.5 Å². The molecule has 0 radical (unpaired) electrons. The molecule has 5 nitrogen and oxygen atoms in total. The van der Waals surface area contributed by atoms with Crippen LogP contribution in [0.5, 0.6) is 0 Å². The Bertz CT molecular complexity index is 825. The van der Waals surface area contributed by atoms with Gasteiger partial charge in [-0.15, -0.1) is 11.3 Å². The first-order valence-electron chi connectivity index (χ1n) is 7.63. The maximum absolute atomic E-state index is 12.9. The van der Waals surface area contributed by atoms with E-state index in [1.807, 2.05) is 0 Å². The van der Waals surface area contributed by atoms with E-state index in [1.165, 1.54) is 34.6 Å². The summed E-state index contributed by atoms with van der Waals surface area (Å²) in [6.45, 7) is 0.967. The Morgan fingerprint density at radius 3 is 2.42 bits per heavy atom. The zero-order chi connectivity index (χ0) is 17.2. The number of rotatable bonds is 4. The van der Waals surface area contributed by atoms with Crippen molar-refractivity contribution in [2.75, 3.05) is 18.4 Å². The summed E-state index contributed by atoms with van der Waals surface area (Å²) in [6.07, 6.45) is 2.69. The molecule has 128 valence electrons. The van der Waals surface area contributed by atoms with E-state index in [0.29, 0.717) is 18.8 Å². The average Bonchev–Trinajstić information content (AvgIpc) is 3.08. The SMILES string of the molecule is O=C(Nc1ccc(F)cc1)c1sccc1S(=O)(=O)N1CCCCC1. The van der Waals surface area contributed by atoms with Crippen LogP contribution in [0, 0.1) is 5.82 Å². The molecule has 0 spiro atoms. The first-order valence-corrected chi connectivity index (χ1v) is 9.95. The molecule has 0 bridgehead atoms. The Balaban J connectivity index is 1.84. The first kappa shape index (κ1) is 17.1. The van der Waals surface area contributed by atoms with Gasteiger partial charge in [0, 0.05) is 18.8 Å². The molecule has 3 rings (SSSR count). The van der Waals surface area contributed by atoms with Crippen LogP contribution in [0.25, 0.3) is 0 Å². The summed E-state index contributed by atoms with van der Waals surface area (Å²) in [4.78, 5) is 12.6. The van der Waals surface area contributed by atoms with E-state index in [1.54, 1.807) is 5.38 Å². The van der Waals surface area contributed by atoms with Gasteiger partial charge >= 0.3 is 0 Å². The van der Waals surface area contributed by atoms with E-state index >= 15 is 0 Å². The highest BCUT2D eigenvalue weighted by Crippen LogP contribution is 2.28. The fourth-order valence-electron chi connectivity index (χ4n) is 2.63. The highest BCUT2D eigenvalue weighted by Gasteiger charge is 2.30. The number of carbonyl (C=O) groups is 1. The molecule has 2 heterocycles. The number of nitrogens with zero attached hydrogens (tertiary/aromatic N) is 1. The third kappa shape index (κ3) is 3.50. The van der Waals surface area contributed by atoms with Gasteiger partial charge in [0.2, 0.25) is 10.0 Å². The fourth-order valence-corrected chi connectivity index (χ4v) is 5.44. The predicted molar refractivity (Wildman–Crippen MR) is 91.3 cm³/mol. The molecule has 0 aliphatic carbocycles. The third-order valence-corrected chi connectivity index (χ3v) is 6.85. The van der Waals surface area contributed by atoms with Crippen molar-refractivity contribution in [2.24, 2.45) is 0 Å². The number of anilines is 1. The van der Waals surface area contributed by atoms with Gasteiger partial charge in [0.25, 0.3) is 5.91 Å². The van der Waals surface area contributed by atoms with Gasteiger partial charge in [-0.05, 0) is 48.6 Å². The summed E-state index contributed by atoms with van der Waals surface area (Å²) in [5.74, 6) is -0.912. The van der Waals surface area contributed by atoms with Crippen LogP contribution < -0.4 is 5.32 Å². The third-order valence-electron chi connectivity index (χ3n) is 3.87. The molecule has 1 aromatic carbocycles. The Hall–Kier alpha value is -1.77. The molecule has 2 aromatic rings. The molecule has 8 heteroatoms. The Morgan fingerprint density at radius 2 is 1.75 bits per heavy atom. The zero-order valence-electron chi connectivity index (χ0n) is 12.9. The number of carbonyl (C=O) groups excluding carboxylic acids is 1. The minimum absolute atomic E-state index is 0.0361. The summed E-state index contributed by atoms with van der Waals surface area (Å²) in [6, 6.07) is 6.79. The van der Waals surface area contributed by atoms with Crippen LogP contribution in [0.3, 0.4) is 0 Å². The number of piperidine rings is 1. The molecule has 24 heavy (non-hydrogen) atoms. The van der Waals surface area contributed by atoms with Gasteiger partial charge in [-0.2, -0.15) is 4.31 Å². The van der Waals surface area contributed by atoms with Crippen LogP contribution in [0.1, 0.15) is 28.9 Å². The number of benzene rings is 1. The molecule has 1 amide bonds. The molecule has 0 atom stereocenters. The van der Waals surface area contributed by atoms with Crippen molar-refractivity contribution in [3.8, 4) is 0 Å². The van der Waals surface area contributed by atoms with Gasteiger partial charge in [0.1, 0.15) is 15.6 Å². The van der Waals surface area contributed by atoms with Crippen LogP contribution >= 0.6 is 11.3 Å². The number of sulfonamides is 1. The normalized spacial score (nSPS) is 16.0. The molecule has 0 saturated carbocycles. The summed E-state index contributed by atoms with van der Waals surface area (Å²) in [5, 5.41) is 4.20. The van der Waals surface area contributed by atoms with Gasteiger partial charge in [-0.3, -0.25) is 4.79 Å². The number of halogens is 1. The molecule has 1 aromatic heterocycles. The van der Waals surface area contributed by atoms with Crippen LogP contribution in [0.15, 0.2) is 40.6 Å². The first-order chi connectivity index (χ1) is 11.5. The lowest BCUT2D eigenvalue weighted by Crippen LogP contribution is -2.36. The second-order valence-electron chi connectivity index (χ2n) is 5.54. The molecule has 1 fully saturated rings. The van der Waals surface area contributed by atoms with Crippen LogP contribution in [-0.2, 0) is 10.0 Å². The molecule has 0 unspecified atom stereocenters. The lowest BCUT2D eigenvalue weighted by molar-refractivity contribution is 0.102. The lowest BCUT2D eigenvalue weighted by Gasteiger charge is -2.25. The second kappa shape index (κ2) is 7.00. The van der Waals surface area contributed by atoms with E-state index in [9.17, 15) is 17.6 Å². The van der Waals surface area contributed by atoms with E-state index in [2.05, 4.69) is 5.32 Å². The van der Waals surface area contributed by atoms with Crippen molar-refractivity contribution >= 4 is 33.0 Å². The van der Waals surface area contributed by atoms with Gasteiger partial charge < -0.3 is 5.32 Å². The van der Waals surface area contributed by atoms with Gasteiger partial charge in [-0.1, -0.05) is 6.42 Å². The van der Waals surface area contributed by atoms with Crippen LogP contribution in [0.4, 0.5) is 10.1 Å². The van der Waals surface area contributed by atoms with Crippen LogP contribution in [0.2, 0.25) is 0 Å². The quantitative estimate of drug-likeness (QED) is 0.900. The fraction of sp³-hybridized carbons (Fsp3) is 0.312. The smallest absolute Gasteiger partial charge is 0.267 e. The number of thiophene rings is 1. The van der Waals surface area contributed by atoms with Crippen molar-refractivity contribution in [2.45, 2.75) is 24.2 Å². The Morgan fingerprint density at radius 1 is 1.08 bits per heavy atom. The summed E-state index contributed by atoms with van der Waals surface area (Å²) >= 11 is 1.08. The summed E-state index contributed by atoms with van der Waals surface area (Å²) < 4.78 is 39.9. The van der Waals surface area contributed by atoms with E-state index in [-0.39, 0.29) is 9.77 Å². The minimum atomic E-state index is -3.67. The zero-order valence-corrected chi connectivity index (χ0v) is 14.5. The molecular formula is C16H17FN2O3S2. The van der Waals surface area contributed by atoms with Crippen LogP contribution in [-0.4, -0.2) is 31.7 Å². The number of nitrogens with one attached hydrogen (secondary N) is 1. The van der Waals surface area contributed by atoms with Crippen molar-refractivity contribution in [1.82, 2.24) is 4.31 Å². The van der Waals surface area contributed by atoms with Crippen molar-refractivity contribution in [3.63, 3.8) is 0 Å². The standard InChI is InChI=1S/C16H17FN2O3S2/c17-12-4-6-13(7-5-12)18-16(20)15-14(8-11-23-15)24(21,22)19-9-2-1-3-10-19/h4-8,11H,1-3,9-10H2,(H,18,20). The second-order valence-corrected chi connectivity index (χ2v) is 8.36. The van der Waals surface area contributed by atoms with Gasteiger partial charge in [0.15, 0.2) is 0 Å². The minimum Gasteiger partial charge on any atom is -0.321 e. The van der Waals surface area contributed by atoms with Gasteiger partial charge in [0.05, 0.1) is 0 Å². The van der Waals surface area contributed by atoms with Gasteiger partial charge in [-0.25, -0.2) is 12.8 Å². The van der Waals surface area contributed by atoms with Crippen molar-refractivity contribution in [3.05, 3.63) is 46.4 Å². The largest absolute Gasteiger partial charge is 0.321 e. The average molecular weight is 368 g/mol. The Labute approximate surface area is 144 Å². The van der Waals surface area contributed by atoms with E-state index < -0.39 is 21.7 Å². The predicted octanol–water partition coefficient (Wildman–Crippen LogP) is 3.31. The molecule has 1 aliphatic heterocycles. The number of hydrogen-bond acceptors (Lipinski definition) is 4. The maximum Gasteiger partial charge on any atom is 0.267 e. The molecule has 1 N–H and O–H groups in total. The number of amides is 1. The highest BCUT2D eigenvalue weighted by molar-refractivity contribution is 7.89. The monoisotopic (exact) mass is 368 g/mol.